The average Bonchev–Trinajstić information content (AvgIpc) is 2.88. The fraction of sp³-hybridized carbons (Fsp3) is 0.192. The molecule has 0 aliphatic heterocycles. The number of carbonyl (C=O) groups excluding carboxylic acids is 1. The molecule has 0 fully saturated rings. The summed E-state index contributed by atoms with van der Waals surface area (Å²) >= 11 is 1.17. The zero-order chi connectivity index (χ0) is 24.8. The van der Waals surface area contributed by atoms with Crippen LogP contribution in [0.5, 0.6) is 11.5 Å². The molecular formula is C26H24FN3O4S. The monoisotopic (exact) mass is 493 g/mol. The summed E-state index contributed by atoms with van der Waals surface area (Å²) in [5.41, 5.74) is 1.87. The first-order valence-electron chi connectivity index (χ1n) is 10.8. The van der Waals surface area contributed by atoms with Crippen molar-refractivity contribution in [3.05, 3.63) is 94.0 Å². The van der Waals surface area contributed by atoms with Crippen LogP contribution in [0.1, 0.15) is 11.1 Å². The molecule has 180 valence electrons. The Hall–Kier alpha value is -3.85. The van der Waals surface area contributed by atoms with E-state index in [4.69, 9.17) is 9.47 Å². The molecule has 35 heavy (non-hydrogen) atoms. The Balaban J connectivity index is 1.53. The number of aromatic nitrogens is 2. The Labute approximate surface area is 205 Å². The quantitative estimate of drug-likeness (QED) is 0.280. The molecule has 0 aliphatic carbocycles. The van der Waals surface area contributed by atoms with Crippen LogP contribution in [0.4, 0.5) is 4.39 Å². The largest absolute Gasteiger partial charge is 0.493 e. The van der Waals surface area contributed by atoms with Crippen LogP contribution in [0.3, 0.4) is 0 Å². The summed E-state index contributed by atoms with van der Waals surface area (Å²) in [6.07, 6.45) is 0. The van der Waals surface area contributed by atoms with Crippen molar-refractivity contribution in [1.29, 1.82) is 0 Å². The summed E-state index contributed by atoms with van der Waals surface area (Å²) in [5.74, 6) is 0.624. The van der Waals surface area contributed by atoms with Gasteiger partial charge in [-0.05, 0) is 35.9 Å². The van der Waals surface area contributed by atoms with Crippen molar-refractivity contribution < 1.29 is 18.7 Å². The van der Waals surface area contributed by atoms with Gasteiger partial charge in [0.2, 0.25) is 5.91 Å². The van der Waals surface area contributed by atoms with Crippen LogP contribution in [-0.4, -0.2) is 35.4 Å². The standard InChI is InChI=1S/C26H24FN3O4S/c1-33-22-9-5-6-18(24(22)34-2)14-28-23(31)16-35-26-29-21-8-4-3-7-20(21)25(32)30(26)15-17-10-12-19(27)13-11-17/h3-13H,14-16H2,1-2H3,(H,28,31). The van der Waals surface area contributed by atoms with Crippen molar-refractivity contribution in [2.45, 2.75) is 18.2 Å². The molecule has 9 heteroatoms. The number of nitrogens with one attached hydrogen (secondary N) is 1. The first-order chi connectivity index (χ1) is 17.0. The Morgan fingerprint density at radius 3 is 2.54 bits per heavy atom. The molecular weight excluding hydrogens is 469 g/mol. The molecule has 1 heterocycles. The van der Waals surface area contributed by atoms with E-state index in [-0.39, 0.29) is 36.1 Å². The molecule has 1 amide bonds. The maximum absolute atomic E-state index is 13.3. The highest BCUT2D eigenvalue weighted by molar-refractivity contribution is 7.99. The van der Waals surface area contributed by atoms with E-state index in [1.165, 1.54) is 28.5 Å². The van der Waals surface area contributed by atoms with Crippen molar-refractivity contribution in [2.75, 3.05) is 20.0 Å². The number of rotatable bonds is 9. The lowest BCUT2D eigenvalue weighted by Gasteiger charge is -2.14. The Morgan fingerprint density at radius 1 is 1.03 bits per heavy atom. The predicted molar refractivity (Wildman–Crippen MR) is 134 cm³/mol. The van der Waals surface area contributed by atoms with Gasteiger partial charge in [-0.25, -0.2) is 9.37 Å². The van der Waals surface area contributed by atoms with Crippen LogP contribution in [0.15, 0.2) is 76.7 Å². The molecule has 0 radical (unpaired) electrons. The minimum atomic E-state index is -0.350. The number of halogens is 1. The summed E-state index contributed by atoms with van der Waals surface area (Å²) in [5, 5.41) is 3.76. The number of nitrogens with zero attached hydrogens (tertiary/aromatic N) is 2. The summed E-state index contributed by atoms with van der Waals surface area (Å²) in [4.78, 5) is 30.5. The van der Waals surface area contributed by atoms with Gasteiger partial charge in [0, 0.05) is 12.1 Å². The number of hydrogen-bond acceptors (Lipinski definition) is 6. The van der Waals surface area contributed by atoms with Crippen LogP contribution in [0.2, 0.25) is 0 Å². The number of amides is 1. The number of para-hydroxylation sites is 2. The SMILES string of the molecule is COc1cccc(CNC(=O)CSc2nc3ccccc3c(=O)n2Cc2ccc(F)cc2)c1OC. The minimum Gasteiger partial charge on any atom is -0.493 e. The molecule has 1 aromatic heterocycles. The van der Waals surface area contributed by atoms with E-state index in [0.717, 1.165) is 11.1 Å². The van der Waals surface area contributed by atoms with E-state index in [2.05, 4.69) is 10.3 Å². The number of ether oxygens (including phenoxy) is 2. The molecule has 0 bridgehead atoms. The lowest BCUT2D eigenvalue weighted by Crippen LogP contribution is -2.27. The molecule has 0 atom stereocenters. The number of hydrogen-bond donors (Lipinski definition) is 1. The van der Waals surface area contributed by atoms with Gasteiger partial charge in [0.25, 0.3) is 5.56 Å². The van der Waals surface area contributed by atoms with Crippen LogP contribution in [-0.2, 0) is 17.9 Å². The number of carbonyl (C=O) groups is 1. The fourth-order valence-electron chi connectivity index (χ4n) is 3.64. The normalized spacial score (nSPS) is 10.8. The van der Waals surface area contributed by atoms with Crippen molar-refractivity contribution in [1.82, 2.24) is 14.9 Å². The van der Waals surface area contributed by atoms with E-state index in [1.807, 2.05) is 18.2 Å². The molecule has 0 spiro atoms. The molecule has 0 saturated carbocycles. The lowest BCUT2D eigenvalue weighted by atomic mass is 10.2. The van der Waals surface area contributed by atoms with Gasteiger partial charge in [0.1, 0.15) is 5.82 Å². The van der Waals surface area contributed by atoms with Crippen LogP contribution < -0.4 is 20.3 Å². The van der Waals surface area contributed by atoms with E-state index in [0.29, 0.717) is 27.6 Å². The first kappa shape index (κ1) is 24.3. The molecule has 0 saturated heterocycles. The Kier molecular flexibility index (Phi) is 7.67. The number of methoxy groups -OCH3 is 2. The van der Waals surface area contributed by atoms with E-state index in [1.54, 1.807) is 50.6 Å². The fourth-order valence-corrected chi connectivity index (χ4v) is 4.47. The number of fused-ring (bicyclic) bond motifs is 1. The van der Waals surface area contributed by atoms with Gasteiger partial charge in [-0.2, -0.15) is 0 Å². The molecule has 4 rings (SSSR count). The topological polar surface area (TPSA) is 82.5 Å². The van der Waals surface area contributed by atoms with Crippen molar-refractivity contribution in [3.63, 3.8) is 0 Å². The molecule has 3 aromatic carbocycles. The van der Waals surface area contributed by atoms with Gasteiger partial charge in [-0.15, -0.1) is 0 Å². The molecule has 0 unspecified atom stereocenters. The second kappa shape index (κ2) is 11.1. The summed E-state index contributed by atoms with van der Waals surface area (Å²) in [6.45, 7) is 0.467. The van der Waals surface area contributed by atoms with E-state index < -0.39 is 0 Å². The second-order valence-electron chi connectivity index (χ2n) is 7.65. The zero-order valence-corrected chi connectivity index (χ0v) is 20.1. The van der Waals surface area contributed by atoms with Gasteiger partial charge in [-0.3, -0.25) is 14.2 Å². The predicted octanol–water partition coefficient (Wildman–Crippen LogP) is 4.01. The highest BCUT2D eigenvalue weighted by atomic mass is 32.2. The molecule has 4 aromatic rings. The van der Waals surface area contributed by atoms with Crippen LogP contribution in [0, 0.1) is 5.82 Å². The van der Waals surface area contributed by atoms with Gasteiger partial charge >= 0.3 is 0 Å². The maximum Gasteiger partial charge on any atom is 0.262 e. The number of thioether (sulfide) groups is 1. The third kappa shape index (κ3) is 5.63. The van der Waals surface area contributed by atoms with Gasteiger partial charge in [0.15, 0.2) is 16.7 Å². The molecule has 1 N–H and O–H groups in total. The average molecular weight is 494 g/mol. The van der Waals surface area contributed by atoms with Gasteiger partial charge < -0.3 is 14.8 Å². The smallest absolute Gasteiger partial charge is 0.262 e. The van der Waals surface area contributed by atoms with Crippen LogP contribution >= 0.6 is 11.8 Å². The summed E-state index contributed by atoms with van der Waals surface area (Å²) in [7, 11) is 3.10. The highest BCUT2D eigenvalue weighted by Crippen LogP contribution is 2.30. The van der Waals surface area contributed by atoms with Gasteiger partial charge in [-0.1, -0.05) is 48.2 Å². The third-order valence-electron chi connectivity index (χ3n) is 5.37. The van der Waals surface area contributed by atoms with E-state index >= 15 is 0 Å². The van der Waals surface area contributed by atoms with Crippen molar-refractivity contribution in [3.8, 4) is 11.5 Å². The van der Waals surface area contributed by atoms with Gasteiger partial charge in [0.05, 0.1) is 37.4 Å². The third-order valence-corrected chi connectivity index (χ3v) is 6.35. The number of benzene rings is 3. The van der Waals surface area contributed by atoms with Crippen molar-refractivity contribution >= 4 is 28.6 Å². The lowest BCUT2D eigenvalue weighted by molar-refractivity contribution is -0.118. The maximum atomic E-state index is 13.3. The second-order valence-corrected chi connectivity index (χ2v) is 8.59. The highest BCUT2D eigenvalue weighted by Gasteiger charge is 2.15. The van der Waals surface area contributed by atoms with Crippen LogP contribution in [0.25, 0.3) is 10.9 Å². The molecule has 0 aliphatic rings. The Morgan fingerprint density at radius 2 is 1.80 bits per heavy atom. The zero-order valence-electron chi connectivity index (χ0n) is 19.3. The minimum absolute atomic E-state index is 0.0560. The van der Waals surface area contributed by atoms with E-state index in [9.17, 15) is 14.0 Å². The molecule has 7 nitrogen and oxygen atoms in total. The summed E-state index contributed by atoms with van der Waals surface area (Å²) < 4.78 is 25.6. The van der Waals surface area contributed by atoms with Crippen molar-refractivity contribution in [2.24, 2.45) is 0 Å². The summed E-state index contributed by atoms with van der Waals surface area (Å²) in [6, 6.07) is 18.5. The Bertz CT molecular complexity index is 1410. The first-order valence-corrected chi connectivity index (χ1v) is 11.8.